The normalized spacial score (nSPS) is 19.8. The molecule has 0 spiro atoms. The second-order valence-corrected chi connectivity index (χ2v) is 12.5. The monoisotopic (exact) mass is 540 g/mol. The van der Waals surface area contributed by atoms with E-state index < -0.39 is 0 Å². The Morgan fingerprint density at radius 3 is 2.54 bits per heavy atom. The van der Waals surface area contributed by atoms with Crippen LogP contribution in [0.2, 0.25) is 0 Å². The fourth-order valence-electron chi connectivity index (χ4n) is 6.96. The van der Waals surface area contributed by atoms with E-state index in [1.165, 1.54) is 56.0 Å². The van der Waals surface area contributed by atoms with E-state index in [-0.39, 0.29) is 11.1 Å². The predicted molar refractivity (Wildman–Crippen MR) is 162 cm³/mol. The Bertz CT molecular complexity index is 1550. The first-order valence-electron chi connectivity index (χ1n) is 14.3. The summed E-state index contributed by atoms with van der Waals surface area (Å²) in [5.41, 5.74) is 10.5. The van der Waals surface area contributed by atoms with Crippen LogP contribution in [0.3, 0.4) is 0 Å². The Labute approximate surface area is 232 Å². The van der Waals surface area contributed by atoms with Gasteiger partial charge >= 0.3 is 6.01 Å². The maximum atomic E-state index is 6.57. The predicted octanol–water partition coefficient (Wildman–Crippen LogP) is 4.95. The average molecular weight is 541 g/mol. The van der Waals surface area contributed by atoms with Crippen LogP contribution in [0, 0.1) is 6.92 Å². The Morgan fingerprint density at radius 1 is 1.03 bits per heavy atom. The number of benzene rings is 2. The van der Waals surface area contributed by atoms with E-state index in [1.807, 2.05) is 6.20 Å². The van der Waals surface area contributed by atoms with E-state index in [0.717, 1.165) is 51.7 Å². The number of nitrogens with zero attached hydrogens (tertiary/aromatic N) is 4. The molecule has 3 N–H and O–H groups in total. The molecule has 8 heteroatoms. The molecule has 1 saturated carbocycles. The van der Waals surface area contributed by atoms with Crippen LogP contribution in [0.5, 0.6) is 6.01 Å². The zero-order chi connectivity index (χ0) is 26.6. The number of anilines is 1. The molecule has 2 aromatic carbocycles. The summed E-state index contributed by atoms with van der Waals surface area (Å²) in [6, 6.07) is 13.2. The molecule has 7 nitrogen and oxygen atoms in total. The molecule has 1 atom stereocenters. The van der Waals surface area contributed by atoms with Gasteiger partial charge in [0.15, 0.2) is 0 Å². The number of fused-ring (bicyclic) bond motifs is 3. The van der Waals surface area contributed by atoms with Crippen molar-refractivity contribution in [2.24, 2.45) is 5.73 Å². The van der Waals surface area contributed by atoms with Crippen molar-refractivity contribution in [1.82, 2.24) is 19.9 Å². The molecule has 7 rings (SSSR count). The average Bonchev–Trinajstić information content (AvgIpc) is 3.51. The van der Waals surface area contributed by atoms with Gasteiger partial charge in [-0.05, 0) is 81.0 Å². The number of pyridine rings is 1. The number of hydrogen-bond donors (Lipinski definition) is 2. The summed E-state index contributed by atoms with van der Waals surface area (Å²) in [4.78, 5) is 17.5. The first-order valence-corrected chi connectivity index (χ1v) is 14.9. The van der Waals surface area contributed by atoms with Gasteiger partial charge in [0.2, 0.25) is 0 Å². The summed E-state index contributed by atoms with van der Waals surface area (Å²) < 4.78 is 6.45. The van der Waals surface area contributed by atoms with Crippen LogP contribution >= 0.6 is 9.24 Å². The minimum atomic E-state index is -0.175. The number of hydrogen-bond acceptors (Lipinski definition) is 7. The maximum absolute atomic E-state index is 6.57. The van der Waals surface area contributed by atoms with Crippen molar-refractivity contribution in [3.63, 3.8) is 0 Å². The molecule has 0 bridgehead atoms. The van der Waals surface area contributed by atoms with Gasteiger partial charge in [-0.3, -0.25) is 9.88 Å². The van der Waals surface area contributed by atoms with E-state index in [9.17, 15) is 0 Å². The molecule has 2 aromatic heterocycles. The Balaban J connectivity index is 1.31. The van der Waals surface area contributed by atoms with Gasteiger partial charge in [-0.25, -0.2) is 0 Å². The SMILES string of the molecule is Cc1c(-c2cccc3cccc(P)c23)ncc2c(NCC3(N)CCC3)nc(OCC34CCCN3CCC4)nc12. The largest absolute Gasteiger partial charge is 0.461 e. The number of nitrogens with two attached hydrogens (primary N) is 1. The maximum Gasteiger partial charge on any atom is 0.319 e. The van der Waals surface area contributed by atoms with Gasteiger partial charge in [0.05, 0.1) is 22.1 Å². The Kier molecular flexibility index (Phi) is 6.22. The summed E-state index contributed by atoms with van der Waals surface area (Å²) >= 11 is 0. The van der Waals surface area contributed by atoms with Crippen molar-refractivity contribution >= 4 is 42.0 Å². The van der Waals surface area contributed by atoms with Gasteiger partial charge in [0, 0.05) is 29.4 Å². The van der Waals surface area contributed by atoms with E-state index in [4.69, 9.17) is 25.4 Å². The topological polar surface area (TPSA) is 89.2 Å². The third-order valence-corrected chi connectivity index (χ3v) is 9.87. The van der Waals surface area contributed by atoms with Crippen LogP contribution in [-0.4, -0.2) is 57.2 Å². The molecule has 4 aromatic rings. The zero-order valence-corrected chi connectivity index (χ0v) is 23.8. The van der Waals surface area contributed by atoms with E-state index in [2.05, 4.69) is 62.8 Å². The molecule has 0 radical (unpaired) electrons. The highest BCUT2D eigenvalue weighted by atomic mass is 31.0. The molecule has 2 aliphatic heterocycles. The molecule has 3 aliphatic rings. The molecule has 0 amide bonds. The van der Waals surface area contributed by atoms with E-state index in [1.54, 1.807) is 0 Å². The highest BCUT2D eigenvalue weighted by Gasteiger charge is 2.45. The van der Waals surface area contributed by atoms with E-state index in [0.29, 0.717) is 19.2 Å². The molecule has 4 heterocycles. The highest BCUT2D eigenvalue weighted by molar-refractivity contribution is 7.28. The lowest BCUT2D eigenvalue weighted by atomic mass is 9.78. The highest BCUT2D eigenvalue weighted by Crippen LogP contribution is 2.40. The van der Waals surface area contributed by atoms with Gasteiger partial charge in [-0.1, -0.05) is 36.4 Å². The van der Waals surface area contributed by atoms with Crippen LogP contribution in [0.1, 0.15) is 50.5 Å². The van der Waals surface area contributed by atoms with Crippen molar-refractivity contribution in [3.05, 3.63) is 48.2 Å². The standard InChI is InChI=1S/C31H37N6OP/c1-20-26(22-9-2-7-21-8-3-10-24(39)25(21)22)33-17-23-27(20)35-29(36-28(23)34-18-30(32)11-4-12-30)38-19-31-13-5-15-37(31)16-6-14-31/h2-3,7-10,17H,4-6,11-16,18-19,32,39H2,1H3,(H,34,35,36). The number of rotatable bonds is 7. The molecule has 1 aliphatic carbocycles. The van der Waals surface area contributed by atoms with Gasteiger partial charge in [-0.15, -0.1) is 9.24 Å². The summed E-state index contributed by atoms with van der Waals surface area (Å²) in [7, 11) is 2.88. The van der Waals surface area contributed by atoms with Crippen LogP contribution in [0.4, 0.5) is 5.82 Å². The lowest BCUT2D eigenvalue weighted by Gasteiger charge is -2.38. The number of aromatic nitrogens is 3. The van der Waals surface area contributed by atoms with Crippen molar-refractivity contribution in [2.45, 2.75) is 62.9 Å². The second-order valence-electron chi connectivity index (χ2n) is 11.9. The second kappa shape index (κ2) is 9.65. The first kappa shape index (κ1) is 25.1. The number of nitrogens with one attached hydrogen (secondary N) is 1. The number of ether oxygens (including phenoxy) is 1. The summed E-state index contributed by atoms with van der Waals surface area (Å²) in [5.74, 6) is 0.755. The smallest absolute Gasteiger partial charge is 0.319 e. The molecule has 3 fully saturated rings. The lowest BCUT2D eigenvalue weighted by molar-refractivity contribution is 0.108. The van der Waals surface area contributed by atoms with Crippen LogP contribution in [0.15, 0.2) is 42.6 Å². The summed E-state index contributed by atoms with van der Waals surface area (Å²) in [6.07, 6.45) is 10.0. The number of aryl methyl sites for hydroxylation is 1. The molecule has 2 saturated heterocycles. The molecular weight excluding hydrogens is 503 g/mol. The molecule has 39 heavy (non-hydrogen) atoms. The van der Waals surface area contributed by atoms with Crippen LogP contribution in [0.25, 0.3) is 32.9 Å². The van der Waals surface area contributed by atoms with Crippen molar-refractivity contribution < 1.29 is 4.74 Å². The third kappa shape index (κ3) is 4.35. The van der Waals surface area contributed by atoms with Gasteiger partial charge in [-0.2, -0.15) is 9.97 Å². The van der Waals surface area contributed by atoms with Gasteiger partial charge in [0.1, 0.15) is 12.4 Å². The summed E-state index contributed by atoms with van der Waals surface area (Å²) in [6.45, 7) is 5.76. The zero-order valence-electron chi connectivity index (χ0n) is 22.7. The van der Waals surface area contributed by atoms with Crippen molar-refractivity contribution in [1.29, 1.82) is 0 Å². The lowest BCUT2D eigenvalue weighted by Crippen LogP contribution is -2.52. The minimum Gasteiger partial charge on any atom is -0.461 e. The fourth-order valence-corrected chi connectivity index (χ4v) is 7.39. The van der Waals surface area contributed by atoms with Crippen molar-refractivity contribution in [2.75, 3.05) is 31.6 Å². The fraction of sp³-hybridized carbons (Fsp3) is 0.452. The summed E-state index contributed by atoms with van der Waals surface area (Å²) in [5, 5.41) is 8.01. The third-order valence-electron chi connectivity index (χ3n) is 9.39. The van der Waals surface area contributed by atoms with Gasteiger partial charge in [0.25, 0.3) is 0 Å². The molecule has 202 valence electrons. The quantitative estimate of drug-likeness (QED) is 0.321. The Morgan fingerprint density at radius 2 is 1.79 bits per heavy atom. The molecular formula is C31H37N6OP. The van der Waals surface area contributed by atoms with Crippen molar-refractivity contribution in [3.8, 4) is 17.3 Å². The van der Waals surface area contributed by atoms with Gasteiger partial charge < -0.3 is 15.8 Å². The Hall–Kier alpha value is -2.86. The van der Waals surface area contributed by atoms with Crippen LogP contribution < -0.4 is 21.1 Å². The minimum absolute atomic E-state index is 0.135. The van der Waals surface area contributed by atoms with Crippen LogP contribution in [-0.2, 0) is 0 Å². The van der Waals surface area contributed by atoms with E-state index >= 15 is 0 Å². The molecule has 1 unspecified atom stereocenters. The first-order chi connectivity index (χ1) is 18.9.